The van der Waals surface area contributed by atoms with Gasteiger partial charge in [0.15, 0.2) is 5.78 Å². The number of hydrogen-bond donors (Lipinski definition) is 1. The quantitative estimate of drug-likeness (QED) is 0.792. The Morgan fingerprint density at radius 3 is 2.94 bits per heavy atom. The topological polar surface area (TPSA) is 53.7 Å². The van der Waals surface area contributed by atoms with Crippen LogP contribution in [0.1, 0.15) is 16.8 Å². The number of Topliss-reactive ketones (excluding diaryl/α,β-unsaturated/α-hetero) is 1. The molecule has 1 aromatic heterocycles. The van der Waals surface area contributed by atoms with Gasteiger partial charge in [-0.05, 0) is 19.5 Å². The fourth-order valence-electron chi connectivity index (χ4n) is 1.94. The van der Waals surface area contributed by atoms with Crippen molar-refractivity contribution in [2.75, 3.05) is 26.7 Å². The number of rotatable bonds is 6. The van der Waals surface area contributed by atoms with Crippen LogP contribution >= 0.6 is 0 Å². The molecule has 1 N–H and O–H groups in total. The molecule has 0 saturated heterocycles. The number of aliphatic hydroxyl groups excluding tert-OH is 1. The molecule has 0 saturated carbocycles. The van der Waals surface area contributed by atoms with Crippen LogP contribution in [-0.4, -0.2) is 42.5 Å². The summed E-state index contributed by atoms with van der Waals surface area (Å²) < 4.78 is 5.35. The van der Waals surface area contributed by atoms with Gasteiger partial charge in [0.2, 0.25) is 0 Å². The van der Waals surface area contributed by atoms with E-state index in [1.807, 2.05) is 36.2 Å². The Morgan fingerprint density at radius 2 is 2.17 bits per heavy atom. The van der Waals surface area contributed by atoms with Crippen LogP contribution in [0.2, 0.25) is 0 Å². The van der Waals surface area contributed by atoms with E-state index in [1.165, 1.54) is 6.26 Å². The molecular weight excluding hydrogens is 230 g/mol. The van der Waals surface area contributed by atoms with Gasteiger partial charge in [0.25, 0.3) is 0 Å². The second-order valence-electron chi connectivity index (χ2n) is 4.38. The fourth-order valence-corrected chi connectivity index (χ4v) is 1.94. The summed E-state index contributed by atoms with van der Waals surface area (Å²) in [5.74, 6) is 0.0420. The molecule has 4 nitrogen and oxygen atoms in total. The van der Waals surface area contributed by atoms with E-state index >= 15 is 0 Å². The van der Waals surface area contributed by atoms with Crippen molar-refractivity contribution in [2.24, 2.45) is 0 Å². The molecule has 0 fully saturated rings. The van der Waals surface area contributed by atoms with Gasteiger partial charge in [-0.3, -0.25) is 9.69 Å². The lowest BCUT2D eigenvalue weighted by atomic mass is 10.1. The highest BCUT2D eigenvalue weighted by molar-refractivity contribution is 6.08. The lowest BCUT2D eigenvalue weighted by molar-refractivity contribution is 0.0943. The predicted molar refractivity (Wildman–Crippen MR) is 69.7 cm³/mol. The molecule has 0 amide bonds. The number of likely N-dealkylation sites (N-methyl/N-ethyl adjacent to an activating group) is 1. The number of carbonyl (C=O) groups excluding carboxylic acids is 1. The number of hydrogen-bond acceptors (Lipinski definition) is 4. The summed E-state index contributed by atoms with van der Waals surface area (Å²) in [6.45, 7) is 1.19. The number of ketones is 1. The summed E-state index contributed by atoms with van der Waals surface area (Å²) in [4.78, 5) is 14.0. The summed E-state index contributed by atoms with van der Waals surface area (Å²) in [7, 11) is 1.87. The van der Waals surface area contributed by atoms with E-state index in [0.717, 1.165) is 11.0 Å². The maximum Gasteiger partial charge on any atom is 0.180 e. The second kappa shape index (κ2) is 5.80. The normalized spacial score (nSPS) is 11.3. The Labute approximate surface area is 106 Å². The molecule has 2 rings (SSSR count). The van der Waals surface area contributed by atoms with E-state index in [1.54, 1.807) is 0 Å². The summed E-state index contributed by atoms with van der Waals surface area (Å²) >= 11 is 0. The lowest BCUT2D eigenvalue weighted by Crippen LogP contribution is -2.27. The summed E-state index contributed by atoms with van der Waals surface area (Å²) in [6.07, 6.45) is 2.20. The molecule has 0 aliphatic rings. The molecule has 18 heavy (non-hydrogen) atoms. The van der Waals surface area contributed by atoms with Crippen LogP contribution in [0.25, 0.3) is 11.0 Å². The number of furan rings is 1. The average molecular weight is 247 g/mol. The number of nitrogens with zero attached hydrogens (tertiary/aromatic N) is 1. The number of aliphatic hydroxyl groups is 1. The van der Waals surface area contributed by atoms with E-state index in [-0.39, 0.29) is 12.4 Å². The standard InChI is InChI=1S/C14H17NO3/c1-15(7-4-8-16)9-13(17)12-10-18-14-6-3-2-5-11(12)14/h2-3,5-6,10,16H,4,7-9H2,1H3. The largest absolute Gasteiger partial charge is 0.464 e. The Hall–Kier alpha value is -1.65. The highest BCUT2D eigenvalue weighted by Gasteiger charge is 2.14. The van der Waals surface area contributed by atoms with Gasteiger partial charge in [-0.15, -0.1) is 0 Å². The van der Waals surface area contributed by atoms with Gasteiger partial charge in [0.05, 0.1) is 12.1 Å². The molecule has 0 bridgehead atoms. The molecule has 0 aliphatic carbocycles. The zero-order valence-electron chi connectivity index (χ0n) is 10.4. The third-order valence-corrected chi connectivity index (χ3v) is 2.89. The molecule has 1 heterocycles. The first kappa shape index (κ1) is 12.8. The lowest BCUT2D eigenvalue weighted by Gasteiger charge is -2.14. The monoisotopic (exact) mass is 247 g/mol. The van der Waals surface area contributed by atoms with E-state index in [4.69, 9.17) is 9.52 Å². The SMILES string of the molecule is CN(CCCO)CC(=O)c1coc2ccccc12. The molecule has 0 atom stereocenters. The highest BCUT2D eigenvalue weighted by Crippen LogP contribution is 2.21. The number of fused-ring (bicyclic) bond motifs is 1. The third-order valence-electron chi connectivity index (χ3n) is 2.89. The minimum atomic E-state index is 0.0420. The molecule has 0 unspecified atom stereocenters. The van der Waals surface area contributed by atoms with Crippen LogP contribution in [0, 0.1) is 0 Å². The fraction of sp³-hybridized carbons (Fsp3) is 0.357. The van der Waals surface area contributed by atoms with Crippen molar-refractivity contribution in [1.29, 1.82) is 0 Å². The molecule has 0 aliphatic heterocycles. The van der Waals surface area contributed by atoms with Crippen LogP contribution in [0.5, 0.6) is 0 Å². The van der Waals surface area contributed by atoms with Gasteiger partial charge in [0.1, 0.15) is 11.8 Å². The summed E-state index contributed by atoms with van der Waals surface area (Å²) in [5, 5.41) is 9.61. The van der Waals surface area contributed by atoms with E-state index in [9.17, 15) is 4.79 Å². The highest BCUT2D eigenvalue weighted by atomic mass is 16.3. The van der Waals surface area contributed by atoms with Crippen LogP contribution < -0.4 is 0 Å². The maximum absolute atomic E-state index is 12.1. The predicted octanol–water partition coefficient (Wildman–Crippen LogP) is 1.93. The first-order valence-corrected chi connectivity index (χ1v) is 6.01. The van der Waals surface area contributed by atoms with Crippen LogP contribution in [-0.2, 0) is 0 Å². The Bertz CT molecular complexity index is 533. The Kier molecular flexibility index (Phi) is 4.12. The zero-order chi connectivity index (χ0) is 13.0. The van der Waals surface area contributed by atoms with Crippen LogP contribution in [0.3, 0.4) is 0 Å². The third kappa shape index (κ3) is 2.78. The van der Waals surface area contributed by atoms with Crippen molar-refractivity contribution in [2.45, 2.75) is 6.42 Å². The first-order valence-electron chi connectivity index (χ1n) is 6.01. The number of para-hydroxylation sites is 1. The maximum atomic E-state index is 12.1. The molecule has 4 heteroatoms. The van der Waals surface area contributed by atoms with Gasteiger partial charge in [-0.25, -0.2) is 0 Å². The van der Waals surface area contributed by atoms with Gasteiger partial charge in [-0.1, -0.05) is 18.2 Å². The van der Waals surface area contributed by atoms with E-state index < -0.39 is 0 Å². The van der Waals surface area contributed by atoms with Crippen molar-refractivity contribution < 1.29 is 14.3 Å². The molecular formula is C14H17NO3. The Morgan fingerprint density at radius 1 is 1.39 bits per heavy atom. The van der Waals surface area contributed by atoms with E-state index in [2.05, 4.69) is 0 Å². The smallest absolute Gasteiger partial charge is 0.180 e. The first-order chi connectivity index (χ1) is 8.72. The Balaban J connectivity index is 2.09. The van der Waals surface area contributed by atoms with Crippen molar-refractivity contribution in [3.8, 4) is 0 Å². The van der Waals surface area contributed by atoms with Gasteiger partial charge >= 0.3 is 0 Å². The number of benzene rings is 1. The molecule has 1 aromatic carbocycles. The van der Waals surface area contributed by atoms with Crippen molar-refractivity contribution in [3.63, 3.8) is 0 Å². The minimum absolute atomic E-state index is 0.0420. The second-order valence-corrected chi connectivity index (χ2v) is 4.38. The summed E-state index contributed by atoms with van der Waals surface area (Å²) in [5.41, 5.74) is 1.36. The zero-order valence-corrected chi connectivity index (χ0v) is 10.4. The van der Waals surface area contributed by atoms with Crippen LogP contribution in [0.4, 0.5) is 0 Å². The van der Waals surface area contributed by atoms with Crippen LogP contribution in [0.15, 0.2) is 34.9 Å². The van der Waals surface area contributed by atoms with Crippen molar-refractivity contribution in [1.82, 2.24) is 4.90 Å². The van der Waals surface area contributed by atoms with Gasteiger partial charge in [0, 0.05) is 18.5 Å². The number of carbonyl (C=O) groups is 1. The molecule has 2 aromatic rings. The average Bonchev–Trinajstić information content (AvgIpc) is 2.80. The molecule has 96 valence electrons. The van der Waals surface area contributed by atoms with Crippen molar-refractivity contribution >= 4 is 16.8 Å². The van der Waals surface area contributed by atoms with Gasteiger partial charge in [-0.2, -0.15) is 0 Å². The summed E-state index contributed by atoms with van der Waals surface area (Å²) in [6, 6.07) is 7.51. The molecule has 0 radical (unpaired) electrons. The minimum Gasteiger partial charge on any atom is -0.464 e. The van der Waals surface area contributed by atoms with Crippen molar-refractivity contribution in [3.05, 3.63) is 36.1 Å². The van der Waals surface area contributed by atoms with Gasteiger partial charge < -0.3 is 9.52 Å². The molecule has 0 spiro atoms. The van der Waals surface area contributed by atoms with E-state index in [0.29, 0.717) is 25.1 Å².